The van der Waals surface area contributed by atoms with Gasteiger partial charge in [0.1, 0.15) is 11.5 Å². The van der Waals surface area contributed by atoms with Gasteiger partial charge in [-0.05, 0) is 29.3 Å². The molecule has 21 heavy (non-hydrogen) atoms. The van der Waals surface area contributed by atoms with E-state index in [1.807, 2.05) is 6.07 Å². The van der Waals surface area contributed by atoms with Gasteiger partial charge in [-0.2, -0.15) is 0 Å². The summed E-state index contributed by atoms with van der Waals surface area (Å²) in [6.45, 7) is 0.971. The number of hydrogen-bond acceptors (Lipinski definition) is 4. The Labute approximate surface area is 126 Å². The molecule has 0 aliphatic heterocycles. The van der Waals surface area contributed by atoms with E-state index in [0.717, 1.165) is 11.1 Å². The molecule has 0 spiro atoms. The van der Waals surface area contributed by atoms with Crippen LogP contribution >= 0.6 is 11.6 Å². The van der Waals surface area contributed by atoms with Crippen molar-refractivity contribution in [2.45, 2.75) is 13.1 Å². The smallest absolute Gasteiger partial charge is 0.189 e. The predicted molar refractivity (Wildman–Crippen MR) is 78.7 cm³/mol. The van der Waals surface area contributed by atoms with E-state index < -0.39 is 5.82 Å². The topological polar surface area (TPSA) is 83.5 Å². The monoisotopic (exact) mass is 308 g/mol. The average molecular weight is 309 g/mol. The van der Waals surface area contributed by atoms with Crippen molar-refractivity contribution >= 4 is 17.4 Å². The Morgan fingerprint density at radius 3 is 2.90 bits per heavy atom. The Balaban J connectivity index is 2.02. The van der Waals surface area contributed by atoms with Crippen LogP contribution in [0.1, 0.15) is 16.8 Å². The molecule has 0 atom stereocenters. The van der Waals surface area contributed by atoms with Crippen LogP contribution in [0.5, 0.6) is 0 Å². The van der Waals surface area contributed by atoms with E-state index in [1.54, 1.807) is 24.4 Å². The van der Waals surface area contributed by atoms with Gasteiger partial charge in [0.2, 0.25) is 0 Å². The first-order chi connectivity index (χ1) is 10.1. The third-order valence-electron chi connectivity index (χ3n) is 2.87. The van der Waals surface area contributed by atoms with Crippen molar-refractivity contribution < 1.29 is 9.60 Å². The van der Waals surface area contributed by atoms with E-state index in [4.69, 9.17) is 22.5 Å². The number of nitrogens with two attached hydrogens (primary N) is 1. The minimum Gasteiger partial charge on any atom is -0.409 e. The van der Waals surface area contributed by atoms with Gasteiger partial charge >= 0.3 is 0 Å². The predicted octanol–water partition coefficient (Wildman–Crippen LogP) is 2.26. The van der Waals surface area contributed by atoms with Crippen LogP contribution in [0.15, 0.2) is 41.7 Å². The van der Waals surface area contributed by atoms with E-state index in [0.29, 0.717) is 18.8 Å². The first-order valence-corrected chi connectivity index (χ1v) is 6.56. The van der Waals surface area contributed by atoms with Crippen LogP contribution in [-0.4, -0.2) is 16.0 Å². The molecule has 0 amide bonds. The molecule has 4 N–H and O–H groups in total. The second-order valence-electron chi connectivity index (χ2n) is 4.35. The number of nitrogens with zero attached hydrogens (tertiary/aromatic N) is 2. The summed E-state index contributed by atoms with van der Waals surface area (Å²) in [7, 11) is 0. The molecule has 7 heteroatoms. The van der Waals surface area contributed by atoms with Gasteiger partial charge < -0.3 is 16.3 Å². The number of hydrogen-bond donors (Lipinski definition) is 3. The molecule has 5 nitrogen and oxygen atoms in total. The lowest BCUT2D eigenvalue weighted by Crippen LogP contribution is -2.21. The summed E-state index contributed by atoms with van der Waals surface area (Å²) >= 11 is 5.72. The molecule has 0 fully saturated rings. The molecular formula is C14H14ClFN4O. The van der Waals surface area contributed by atoms with Gasteiger partial charge in [0.05, 0.1) is 5.02 Å². The lowest BCUT2D eigenvalue weighted by molar-refractivity contribution is 0.318. The van der Waals surface area contributed by atoms with Gasteiger partial charge in [-0.15, -0.1) is 0 Å². The molecule has 0 bridgehead atoms. The fraction of sp³-hybridized carbons (Fsp3) is 0.143. The van der Waals surface area contributed by atoms with Crippen LogP contribution in [0.2, 0.25) is 5.02 Å². The van der Waals surface area contributed by atoms with Crippen molar-refractivity contribution in [3.8, 4) is 0 Å². The maximum atomic E-state index is 13.1. The van der Waals surface area contributed by atoms with Crippen LogP contribution in [0.4, 0.5) is 4.39 Å². The normalized spacial score (nSPS) is 11.6. The maximum absolute atomic E-state index is 13.1. The zero-order valence-corrected chi connectivity index (χ0v) is 11.8. The Morgan fingerprint density at radius 2 is 2.19 bits per heavy atom. The molecule has 0 saturated heterocycles. The summed E-state index contributed by atoms with van der Waals surface area (Å²) in [5, 5.41) is 14.9. The number of nitrogens with one attached hydrogen (secondary N) is 1. The van der Waals surface area contributed by atoms with Crippen molar-refractivity contribution in [2.75, 3.05) is 0 Å². The number of pyridine rings is 1. The highest BCUT2D eigenvalue weighted by Gasteiger charge is 2.08. The van der Waals surface area contributed by atoms with Crippen LogP contribution in [0.25, 0.3) is 0 Å². The molecule has 0 radical (unpaired) electrons. The summed E-state index contributed by atoms with van der Waals surface area (Å²) in [6, 6.07) is 8.13. The lowest BCUT2D eigenvalue weighted by atomic mass is 10.1. The van der Waals surface area contributed by atoms with Gasteiger partial charge in [0, 0.05) is 19.3 Å². The second kappa shape index (κ2) is 7.01. The maximum Gasteiger partial charge on any atom is 0.189 e. The summed E-state index contributed by atoms with van der Waals surface area (Å²) < 4.78 is 13.1. The Bertz CT molecular complexity index is 663. The van der Waals surface area contributed by atoms with E-state index in [9.17, 15) is 4.39 Å². The van der Waals surface area contributed by atoms with Gasteiger partial charge in [0.25, 0.3) is 0 Å². The number of benzene rings is 1. The Kier molecular flexibility index (Phi) is 5.08. The summed E-state index contributed by atoms with van der Waals surface area (Å²) in [5.41, 5.74) is 7.64. The molecule has 2 aromatic rings. The molecule has 1 aromatic heterocycles. The zero-order chi connectivity index (χ0) is 15.2. The number of amidine groups is 1. The summed E-state index contributed by atoms with van der Waals surface area (Å²) in [5.74, 6) is -0.487. The molecule has 0 saturated carbocycles. The van der Waals surface area contributed by atoms with E-state index in [-0.39, 0.29) is 10.9 Å². The van der Waals surface area contributed by atoms with Crippen LogP contribution < -0.4 is 11.1 Å². The van der Waals surface area contributed by atoms with Gasteiger partial charge in [-0.25, -0.2) is 4.39 Å². The van der Waals surface area contributed by atoms with Crippen molar-refractivity contribution in [3.63, 3.8) is 0 Å². The second-order valence-corrected chi connectivity index (χ2v) is 4.76. The molecule has 110 valence electrons. The van der Waals surface area contributed by atoms with Gasteiger partial charge in [-0.3, -0.25) is 4.98 Å². The Morgan fingerprint density at radius 1 is 1.38 bits per heavy atom. The third kappa shape index (κ3) is 3.90. The first-order valence-electron chi connectivity index (χ1n) is 6.18. The number of rotatable bonds is 5. The third-order valence-corrected chi connectivity index (χ3v) is 3.16. The first kappa shape index (κ1) is 15.2. The highest BCUT2D eigenvalue weighted by molar-refractivity contribution is 6.30. The summed E-state index contributed by atoms with van der Waals surface area (Å²) in [4.78, 5) is 4.07. The molecule has 0 aliphatic rings. The molecule has 0 unspecified atom stereocenters. The number of halogens is 2. The van der Waals surface area contributed by atoms with Crippen LogP contribution in [0, 0.1) is 5.82 Å². The van der Waals surface area contributed by atoms with Gasteiger partial charge in [0.15, 0.2) is 5.84 Å². The van der Waals surface area contributed by atoms with E-state index >= 15 is 0 Å². The highest BCUT2D eigenvalue weighted by atomic mass is 35.5. The van der Waals surface area contributed by atoms with Gasteiger partial charge in [-0.1, -0.05) is 28.9 Å². The van der Waals surface area contributed by atoms with Crippen molar-refractivity contribution in [3.05, 3.63) is 64.2 Å². The zero-order valence-electron chi connectivity index (χ0n) is 11.1. The average Bonchev–Trinajstić information content (AvgIpc) is 2.50. The minimum absolute atomic E-state index is 0.0442. The van der Waals surface area contributed by atoms with Crippen LogP contribution in [-0.2, 0) is 13.1 Å². The SMILES string of the molecule is NC(=NO)c1ncccc1CNCc1ccc(F)c(Cl)c1. The van der Waals surface area contributed by atoms with E-state index in [2.05, 4.69) is 15.5 Å². The van der Waals surface area contributed by atoms with E-state index in [1.165, 1.54) is 6.07 Å². The Hall–Kier alpha value is -2.18. The summed E-state index contributed by atoms with van der Waals surface area (Å²) in [6.07, 6.45) is 1.57. The standard InChI is InChI=1S/C14H14ClFN4O/c15-11-6-9(3-4-12(11)16)7-18-8-10-2-1-5-19-13(10)14(17)20-21/h1-6,18,21H,7-8H2,(H2,17,20). The molecule has 1 heterocycles. The van der Waals surface area contributed by atoms with Crippen LogP contribution in [0.3, 0.4) is 0 Å². The largest absolute Gasteiger partial charge is 0.409 e. The number of aromatic nitrogens is 1. The molecule has 0 aliphatic carbocycles. The highest BCUT2D eigenvalue weighted by Crippen LogP contribution is 2.16. The fourth-order valence-corrected chi connectivity index (χ4v) is 2.05. The van der Waals surface area contributed by atoms with Crippen molar-refractivity contribution in [1.29, 1.82) is 0 Å². The molecule has 1 aromatic carbocycles. The van der Waals surface area contributed by atoms with Crippen molar-refractivity contribution in [2.24, 2.45) is 10.9 Å². The molecular weight excluding hydrogens is 295 g/mol. The number of oxime groups is 1. The lowest BCUT2D eigenvalue weighted by Gasteiger charge is -2.09. The van der Waals surface area contributed by atoms with Crippen molar-refractivity contribution in [1.82, 2.24) is 10.3 Å². The molecule has 2 rings (SSSR count). The fourth-order valence-electron chi connectivity index (χ4n) is 1.85. The quantitative estimate of drug-likeness (QED) is 0.342. The minimum atomic E-state index is -0.443.